The lowest BCUT2D eigenvalue weighted by atomic mass is 9.86. The lowest BCUT2D eigenvalue weighted by molar-refractivity contribution is -0.116. The Kier molecular flexibility index (Phi) is 4.08. The van der Waals surface area contributed by atoms with Crippen LogP contribution in [0.5, 0.6) is 0 Å². The molecule has 0 aromatic heterocycles. The third-order valence-electron chi connectivity index (χ3n) is 4.38. The molecule has 1 atom stereocenters. The zero-order valence-electron chi connectivity index (χ0n) is 12.1. The summed E-state index contributed by atoms with van der Waals surface area (Å²) in [4.78, 5) is 16.1. The molecule has 1 amide bonds. The fraction of sp³-hybridized carbons (Fsp3) is 0.500. The first kappa shape index (κ1) is 13.9. The highest BCUT2D eigenvalue weighted by Crippen LogP contribution is 2.31. The molecular weight excluding hydrogens is 264 g/mol. The summed E-state index contributed by atoms with van der Waals surface area (Å²) >= 11 is 0. The predicted octanol–water partition coefficient (Wildman–Crippen LogP) is 1.82. The van der Waals surface area contributed by atoms with Gasteiger partial charge in [-0.15, -0.1) is 0 Å². The number of anilines is 1. The molecule has 1 fully saturated rings. The van der Waals surface area contributed by atoms with Gasteiger partial charge in [-0.3, -0.25) is 9.79 Å². The Morgan fingerprint density at radius 3 is 2.95 bits per heavy atom. The molecule has 2 aliphatic rings. The van der Waals surface area contributed by atoms with E-state index in [0.717, 1.165) is 17.8 Å². The summed E-state index contributed by atoms with van der Waals surface area (Å²) in [5, 5.41) is 6.07. The minimum absolute atomic E-state index is 0.0606. The molecule has 1 aromatic carbocycles. The number of rotatable bonds is 4. The highest BCUT2D eigenvalue weighted by molar-refractivity contribution is 5.94. The van der Waals surface area contributed by atoms with Crippen LogP contribution < -0.4 is 16.4 Å². The Morgan fingerprint density at radius 1 is 1.38 bits per heavy atom. The molecule has 0 bridgehead atoms. The van der Waals surface area contributed by atoms with Crippen molar-refractivity contribution in [1.82, 2.24) is 5.32 Å². The standard InChI is InChI=1S/C16H22N4O/c17-16(18-9-11-4-3-5-11)19-10-12-8-15(21)20-14-7-2-1-6-13(12)14/h1-2,6-7,11-12H,3-5,8-10H2,(H,20,21)(H3,17,18,19). The number of nitrogens with zero attached hydrogens (tertiary/aromatic N) is 1. The van der Waals surface area contributed by atoms with Gasteiger partial charge in [-0.1, -0.05) is 24.6 Å². The summed E-state index contributed by atoms with van der Waals surface area (Å²) in [6.07, 6.45) is 4.35. The van der Waals surface area contributed by atoms with E-state index in [2.05, 4.69) is 21.7 Å². The molecule has 21 heavy (non-hydrogen) atoms. The van der Waals surface area contributed by atoms with Gasteiger partial charge in [0, 0.05) is 31.1 Å². The van der Waals surface area contributed by atoms with Crippen LogP contribution >= 0.6 is 0 Å². The van der Waals surface area contributed by atoms with Gasteiger partial charge in [0.25, 0.3) is 0 Å². The van der Waals surface area contributed by atoms with Gasteiger partial charge in [0.2, 0.25) is 5.91 Å². The molecule has 0 saturated heterocycles. The molecule has 1 saturated carbocycles. The van der Waals surface area contributed by atoms with Crippen molar-refractivity contribution < 1.29 is 4.79 Å². The fourth-order valence-electron chi connectivity index (χ4n) is 2.87. The largest absolute Gasteiger partial charge is 0.370 e. The molecule has 1 unspecified atom stereocenters. The normalized spacial score (nSPS) is 22.2. The molecule has 1 aliphatic heterocycles. The zero-order chi connectivity index (χ0) is 14.7. The average molecular weight is 286 g/mol. The first-order chi connectivity index (χ1) is 10.2. The highest BCUT2D eigenvalue weighted by atomic mass is 16.1. The van der Waals surface area contributed by atoms with Gasteiger partial charge in [-0.05, 0) is 30.4 Å². The van der Waals surface area contributed by atoms with E-state index in [9.17, 15) is 4.79 Å². The van der Waals surface area contributed by atoms with Crippen molar-refractivity contribution in [3.8, 4) is 0 Å². The molecule has 112 valence electrons. The summed E-state index contributed by atoms with van der Waals surface area (Å²) in [5.74, 6) is 1.41. The van der Waals surface area contributed by atoms with Crippen molar-refractivity contribution in [3.05, 3.63) is 29.8 Å². The van der Waals surface area contributed by atoms with Crippen LogP contribution in [0, 0.1) is 5.92 Å². The van der Waals surface area contributed by atoms with E-state index in [1.807, 2.05) is 18.2 Å². The van der Waals surface area contributed by atoms with Crippen molar-refractivity contribution in [2.45, 2.75) is 31.6 Å². The molecule has 1 aliphatic carbocycles. The van der Waals surface area contributed by atoms with E-state index in [0.29, 0.717) is 24.8 Å². The number of guanidine groups is 1. The van der Waals surface area contributed by atoms with Gasteiger partial charge in [0.15, 0.2) is 5.96 Å². The Labute approximate surface area is 125 Å². The van der Waals surface area contributed by atoms with Gasteiger partial charge >= 0.3 is 0 Å². The number of carbonyl (C=O) groups is 1. The number of aliphatic imine (C=N–C) groups is 1. The monoisotopic (exact) mass is 286 g/mol. The number of hydrogen-bond donors (Lipinski definition) is 3. The smallest absolute Gasteiger partial charge is 0.225 e. The molecule has 0 spiro atoms. The van der Waals surface area contributed by atoms with Crippen molar-refractivity contribution in [1.29, 1.82) is 0 Å². The molecule has 3 rings (SSSR count). The third kappa shape index (κ3) is 3.35. The van der Waals surface area contributed by atoms with Gasteiger partial charge in [0.1, 0.15) is 0 Å². The number of amides is 1. The highest BCUT2D eigenvalue weighted by Gasteiger charge is 2.24. The fourth-order valence-corrected chi connectivity index (χ4v) is 2.87. The second-order valence-electron chi connectivity index (χ2n) is 5.94. The van der Waals surface area contributed by atoms with Crippen LogP contribution in [0.3, 0.4) is 0 Å². The van der Waals surface area contributed by atoms with Gasteiger partial charge in [-0.2, -0.15) is 0 Å². The number of benzene rings is 1. The minimum Gasteiger partial charge on any atom is -0.370 e. The Balaban J connectivity index is 1.58. The van der Waals surface area contributed by atoms with E-state index in [1.165, 1.54) is 19.3 Å². The van der Waals surface area contributed by atoms with Gasteiger partial charge < -0.3 is 16.4 Å². The number of para-hydroxylation sites is 1. The summed E-state index contributed by atoms with van der Waals surface area (Å²) < 4.78 is 0. The SMILES string of the molecule is NC(=NCC1CCC1)NCC1CC(=O)Nc2ccccc21. The number of nitrogens with two attached hydrogens (primary N) is 1. The van der Waals surface area contributed by atoms with Crippen LogP contribution in [0.15, 0.2) is 29.3 Å². The molecule has 4 N–H and O–H groups in total. The van der Waals surface area contributed by atoms with Crippen molar-refractivity contribution in [2.24, 2.45) is 16.6 Å². The lowest BCUT2D eigenvalue weighted by Gasteiger charge is -2.26. The van der Waals surface area contributed by atoms with E-state index >= 15 is 0 Å². The topological polar surface area (TPSA) is 79.5 Å². The maximum atomic E-state index is 11.7. The molecule has 1 aromatic rings. The summed E-state index contributed by atoms with van der Waals surface area (Å²) in [7, 11) is 0. The van der Waals surface area contributed by atoms with Gasteiger partial charge in [-0.25, -0.2) is 0 Å². The van der Waals surface area contributed by atoms with Crippen LogP contribution in [0.1, 0.15) is 37.2 Å². The molecule has 0 radical (unpaired) electrons. The van der Waals surface area contributed by atoms with Crippen molar-refractivity contribution in [3.63, 3.8) is 0 Å². The lowest BCUT2D eigenvalue weighted by Crippen LogP contribution is -2.37. The number of fused-ring (bicyclic) bond motifs is 1. The number of nitrogens with one attached hydrogen (secondary N) is 2. The summed E-state index contributed by atoms with van der Waals surface area (Å²) in [6, 6.07) is 7.93. The van der Waals surface area contributed by atoms with Gasteiger partial charge in [0.05, 0.1) is 0 Å². The number of hydrogen-bond acceptors (Lipinski definition) is 2. The Hall–Kier alpha value is -2.04. The van der Waals surface area contributed by atoms with E-state index in [-0.39, 0.29) is 11.8 Å². The maximum absolute atomic E-state index is 11.7. The van der Waals surface area contributed by atoms with Crippen LogP contribution in [-0.2, 0) is 4.79 Å². The average Bonchev–Trinajstić information content (AvgIpc) is 2.43. The van der Waals surface area contributed by atoms with Crippen LogP contribution in [0.2, 0.25) is 0 Å². The van der Waals surface area contributed by atoms with Crippen molar-refractivity contribution in [2.75, 3.05) is 18.4 Å². The van der Waals surface area contributed by atoms with Crippen molar-refractivity contribution >= 4 is 17.6 Å². The quantitative estimate of drug-likeness (QED) is 0.583. The van der Waals surface area contributed by atoms with Crippen LogP contribution in [0.4, 0.5) is 5.69 Å². The molecule has 5 nitrogen and oxygen atoms in total. The van der Waals surface area contributed by atoms with E-state index in [1.54, 1.807) is 0 Å². The van der Waals surface area contributed by atoms with E-state index in [4.69, 9.17) is 5.73 Å². The Bertz CT molecular complexity index is 551. The number of carbonyl (C=O) groups excluding carboxylic acids is 1. The second kappa shape index (κ2) is 6.16. The summed E-state index contributed by atoms with van der Waals surface area (Å²) in [5.41, 5.74) is 7.98. The zero-order valence-corrected chi connectivity index (χ0v) is 12.1. The first-order valence-electron chi connectivity index (χ1n) is 7.65. The Morgan fingerprint density at radius 2 is 2.19 bits per heavy atom. The van der Waals surface area contributed by atoms with E-state index < -0.39 is 0 Å². The maximum Gasteiger partial charge on any atom is 0.225 e. The molecule has 1 heterocycles. The molecule has 5 heteroatoms. The first-order valence-corrected chi connectivity index (χ1v) is 7.65. The summed E-state index contributed by atoms with van der Waals surface area (Å²) in [6.45, 7) is 1.46. The third-order valence-corrected chi connectivity index (χ3v) is 4.38. The second-order valence-corrected chi connectivity index (χ2v) is 5.94. The minimum atomic E-state index is 0.0606. The predicted molar refractivity (Wildman–Crippen MR) is 84.3 cm³/mol. The van der Waals surface area contributed by atoms with Crippen LogP contribution in [0.25, 0.3) is 0 Å². The van der Waals surface area contributed by atoms with Crippen LogP contribution in [-0.4, -0.2) is 25.0 Å². The molecular formula is C16H22N4O.